The number of pyridine rings is 1. The van der Waals surface area contributed by atoms with Crippen molar-refractivity contribution in [3.8, 4) is 5.75 Å². The summed E-state index contributed by atoms with van der Waals surface area (Å²) in [7, 11) is 1.42. The van der Waals surface area contributed by atoms with Crippen molar-refractivity contribution in [2.45, 2.75) is 31.6 Å². The molecule has 0 amide bonds. The van der Waals surface area contributed by atoms with Crippen molar-refractivity contribution in [3.05, 3.63) is 50.4 Å². The summed E-state index contributed by atoms with van der Waals surface area (Å²) in [6.07, 6.45) is 5.71. The van der Waals surface area contributed by atoms with Crippen molar-refractivity contribution in [2.24, 2.45) is 5.92 Å². The van der Waals surface area contributed by atoms with Crippen LogP contribution in [0.4, 0.5) is 16.1 Å². The van der Waals surface area contributed by atoms with E-state index in [0.29, 0.717) is 35.3 Å². The maximum Gasteiger partial charge on any atom is 0.354 e. The molecule has 1 aliphatic carbocycles. The molecule has 31 heavy (non-hydrogen) atoms. The molecule has 0 aromatic carbocycles. The van der Waals surface area contributed by atoms with E-state index < -0.39 is 17.1 Å². The Kier molecular flexibility index (Phi) is 4.42. The Hall–Kier alpha value is -3.50. The van der Waals surface area contributed by atoms with Gasteiger partial charge in [-0.1, -0.05) is 0 Å². The zero-order valence-electron chi connectivity index (χ0n) is 17.0. The van der Waals surface area contributed by atoms with Gasteiger partial charge in [-0.2, -0.15) is 9.66 Å². The van der Waals surface area contributed by atoms with Gasteiger partial charge in [0.2, 0.25) is 0 Å². The molecule has 0 spiro atoms. The zero-order chi connectivity index (χ0) is 21.9. The number of anilines is 2. The van der Waals surface area contributed by atoms with Crippen molar-refractivity contribution in [1.82, 2.24) is 14.1 Å². The number of nitrogens with zero attached hydrogens (tertiary/aromatic N) is 4. The highest BCUT2D eigenvalue weighted by Crippen LogP contribution is 2.45. The van der Waals surface area contributed by atoms with E-state index in [1.807, 2.05) is 4.90 Å². The fraction of sp³-hybridized carbons (Fsp3) is 0.450. The van der Waals surface area contributed by atoms with Crippen LogP contribution in [0.25, 0.3) is 5.52 Å². The number of nitrogen functional groups attached to an aromatic ring is 2. The standard InChI is InChI=1S/C20H23FN6O4/c1-30-17-15(25-5-4-10(7-25)6-12-9-31-19(22)24-12)13(21)8-26-16(17)14(11-2-3-11)18(28)27(23)20(26)29/h8-11H,2-7,23H2,1H3,(H2,22,24). The Labute approximate surface area is 175 Å². The lowest BCUT2D eigenvalue weighted by Crippen LogP contribution is -2.44. The normalized spacial score (nSPS) is 18.8. The number of rotatable bonds is 5. The minimum Gasteiger partial charge on any atom is -0.492 e. The second-order valence-corrected chi connectivity index (χ2v) is 8.21. The molecule has 4 N–H and O–H groups in total. The monoisotopic (exact) mass is 430 g/mol. The molecule has 5 rings (SSSR count). The smallest absolute Gasteiger partial charge is 0.354 e. The Balaban J connectivity index is 1.60. The number of halogens is 1. The molecule has 2 fully saturated rings. The number of ether oxygens (including phenoxy) is 1. The van der Waals surface area contributed by atoms with E-state index in [-0.39, 0.29) is 29.3 Å². The average molecular weight is 430 g/mol. The van der Waals surface area contributed by atoms with Gasteiger partial charge in [0.05, 0.1) is 24.6 Å². The molecular formula is C20H23FN6O4. The van der Waals surface area contributed by atoms with Gasteiger partial charge in [0, 0.05) is 13.1 Å². The van der Waals surface area contributed by atoms with E-state index in [0.717, 1.165) is 35.6 Å². The van der Waals surface area contributed by atoms with Crippen LogP contribution in [-0.4, -0.2) is 34.3 Å². The summed E-state index contributed by atoms with van der Waals surface area (Å²) in [6.45, 7) is 1.16. The first-order valence-electron chi connectivity index (χ1n) is 10.2. The zero-order valence-corrected chi connectivity index (χ0v) is 17.0. The maximum atomic E-state index is 15.3. The number of nitrogens with two attached hydrogens (primary N) is 2. The van der Waals surface area contributed by atoms with Crippen molar-refractivity contribution in [3.63, 3.8) is 0 Å². The van der Waals surface area contributed by atoms with Crippen LogP contribution in [0.5, 0.6) is 5.75 Å². The van der Waals surface area contributed by atoms with Gasteiger partial charge in [0.1, 0.15) is 17.5 Å². The molecule has 3 aromatic rings. The highest BCUT2D eigenvalue weighted by molar-refractivity contribution is 5.78. The highest BCUT2D eigenvalue weighted by atomic mass is 19.1. The van der Waals surface area contributed by atoms with Crippen LogP contribution in [0.1, 0.15) is 36.4 Å². The second-order valence-electron chi connectivity index (χ2n) is 8.21. The molecule has 11 heteroatoms. The molecule has 10 nitrogen and oxygen atoms in total. The SMILES string of the molecule is COc1c(N2CCC(Cc3coc(N)n3)C2)c(F)cn2c(=O)n(N)c(=O)c(C3CC3)c12. The van der Waals surface area contributed by atoms with E-state index in [2.05, 4.69) is 4.98 Å². The third kappa shape index (κ3) is 3.11. The predicted octanol–water partition coefficient (Wildman–Crippen LogP) is 0.839. The van der Waals surface area contributed by atoms with Gasteiger partial charge in [-0.3, -0.25) is 9.20 Å². The van der Waals surface area contributed by atoms with Crippen LogP contribution >= 0.6 is 0 Å². The molecule has 0 radical (unpaired) electrons. The van der Waals surface area contributed by atoms with Crippen molar-refractivity contribution < 1.29 is 13.5 Å². The Morgan fingerprint density at radius 3 is 2.74 bits per heavy atom. The summed E-state index contributed by atoms with van der Waals surface area (Å²) in [5.74, 6) is 5.45. The lowest BCUT2D eigenvalue weighted by molar-refractivity contribution is 0.412. The molecule has 3 aromatic heterocycles. The Morgan fingerprint density at radius 2 is 2.10 bits per heavy atom. The van der Waals surface area contributed by atoms with Gasteiger partial charge in [-0.05, 0) is 37.5 Å². The molecule has 0 bridgehead atoms. The quantitative estimate of drug-likeness (QED) is 0.569. The van der Waals surface area contributed by atoms with Gasteiger partial charge in [0.15, 0.2) is 11.6 Å². The molecule has 1 unspecified atom stereocenters. The summed E-state index contributed by atoms with van der Waals surface area (Å²) in [4.78, 5) is 31.4. The summed E-state index contributed by atoms with van der Waals surface area (Å²) < 4.78 is 27.6. The highest BCUT2D eigenvalue weighted by Gasteiger charge is 2.35. The van der Waals surface area contributed by atoms with Gasteiger partial charge >= 0.3 is 5.69 Å². The van der Waals surface area contributed by atoms with Crippen LogP contribution in [0.15, 0.2) is 26.5 Å². The van der Waals surface area contributed by atoms with Gasteiger partial charge in [0.25, 0.3) is 11.6 Å². The van der Waals surface area contributed by atoms with Gasteiger partial charge < -0.3 is 25.6 Å². The first-order valence-corrected chi connectivity index (χ1v) is 10.2. The lowest BCUT2D eigenvalue weighted by atomic mass is 10.0. The minimum absolute atomic E-state index is 0.0194. The second kappa shape index (κ2) is 7.03. The summed E-state index contributed by atoms with van der Waals surface area (Å²) in [6, 6.07) is 0.121. The Bertz CT molecular complexity index is 1290. The molecule has 1 saturated carbocycles. The van der Waals surface area contributed by atoms with Crippen LogP contribution in [0, 0.1) is 11.7 Å². The molecule has 4 heterocycles. The van der Waals surface area contributed by atoms with E-state index >= 15 is 4.39 Å². The molecule has 2 aliphatic rings. The van der Waals surface area contributed by atoms with Crippen LogP contribution in [0.2, 0.25) is 0 Å². The lowest BCUT2D eigenvalue weighted by Gasteiger charge is -2.24. The molecular weight excluding hydrogens is 407 g/mol. The minimum atomic E-state index is -0.809. The fourth-order valence-electron chi connectivity index (χ4n) is 4.55. The maximum absolute atomic E-state index is 15.3. The topological polar surface area (TPSA) is 134 Å². The van der Waals surface area contributed by atoms with E-state index in [1.165, 1.54) is 13.4 Å². The third-order valence-corrected chi connectivity index (χ3v) is 6.12. The largest absolute Gasteiger partial charge is 0.492 e. The van der Waals surface area contributed by atoms with E-state index in [1.54, 1.807) is 0 Å². The van der Waals surface area contributed by atoms with Crippen molar-refractivity contribution in [1.29, 1.82) is 0 Å². The number of hydrogen-bond acceptors (Lipinski definition) is 8. The molecule has 1 saturated heterocycles. The number of fused-ring (bicyclic) bond motifs is 1. The predicted molar refractivity (Wildman–Crippen MR) is 112 cm³/mol. The number of methoxy groups -OCH3 is 1. The first-order chi connectivity index (χ1) is 14.9. The van der Waals surface area contributed by atoms with Crippen molar-refractivity contribution >= 4 is 17.2 Å². The Morgan fingerprint density at radius 1 is 1.32 bits per heavy atom. The first kappa shape index (κ1) is 19.5. The third-order valence-electron chi connectivity index (χ3n) is 6.12. The molecule has 1 atom stereocenters. The van der Waals surface area contributed by atoms with Gasteiger partial charge in [-0.15, -0.1) is 0 Å². The summed E-state index contributed by atoms with van der Waals surface area (Å²) in [5, 5.41) is 0. The van der Waals surface area contributed by atoms with Crippen LogP contribution in [0.3, 0.4) is 0 Å². The number of aromatic nitrogens is 3. The molecule has 1 aliphatic heterocycles. The van der Waals surface area contributed by atoms with Crippen LogP contribution < -0.4 is 32.5 Å². The van der Waals surface area contributed by atoms with Gasteiger partial charge in [-0.25, -0.2) is 9.18 Å². The van der Waals surface area contributed by atoms with E-state index in [4.69, 9.17) is 20.7 Å². The molecule has 164 valence electrons. The van der Waals surface area contributed by atoms with Crippen molar-refractivity contribution in [2.75, 3.05) is 36.7 Å². The average Bonchev–Trinajstić information content (AvgIpc) is 3.34. The van der Waals surface area contributed by atoms with Crippen LogP contribution in [-0.2, 0) is 6.42 Å². The van der Waals surface area contributed by atoms with E-state index in [9.17, 15) is 9.59 Å². The summed E-state index contributed by atoms with van der Waals surface area (Å²) >= 11 is 0. The number of hydrogen-bond donors (Lipinski definition) is 2. The fourth-order valence-corrected chi connectivity index (χ4v) is 4.55. The number of oxazole rings is 1. The summed E-state index contributed by atoms with van der Waals surface area (Å²) in [5.41, 5.74) is 5.86.